The topological polar surface area (TPSA) is 54.0 Å². The number of nitrogens with zero attached hydrogens (tertiary/aromatic N) is 3. The third-order valence-electron chi connectivity index (χ3n) is 2.43. The first-order valence-corrected chi connectivity index (χ1v) is 4.61. The maximum atomic E-state index is 13.4. The van der Waals surface area contributed by atoms with Crippen LogP contribution in [0.1, 0.15) is 13.8 Å². The Morgan fingerprint density at radius 3 is 2.93 bits per heavy atom. The second kappa shape index (κ2) is 3.08. The van der Waals surface area contributed by atoms with Crippen molar-refractivity contribution < 1.29 is 4.39 Å². The van der Waals surface area contributed by atoms with E-state index in [1.807, 2.05) is 13.8 Å². The lowest BCUT2D eigenvalue weighted by molar-refractivity contribution is 0.256. The fraction of sp³-hybridized carbons (Fsp3) is 0.556. The van der Waals surface area contributed by atoms with E-state index in [2.05, 4.69) is 9.98 Å². The highest BCUT2D eigenvalue weighted by Gasteiger charge is 2.39. The Morgan fingerprint density at radius 2 is 2.29 bits per heavy atom. The number of rotatable bonds is 1. The number of allylic oxidation sites excluding steroid dienone is 1. The number of dihydropyridines is 1. The van der Waals surface area contributed by atoms with Crippen molar-refractivity contribution in [1.82, 2.24) is 4.90 Å². The van der Waals surface area contributed by atoms with Gasteiger partial charge in [-0.3, -0.25) is 4.99 Å². The molecule has 0 aromatic heterocycles. The van der Waals surface area contributed by atoms with Crippen LogP contribution < -0.4 is 5.73 Å². The van der Waals surface area contributed by atoms with Gasteiger partial charge in [0.15, 0.2) is 6.17 Å². The van der Waals surface area contributed by atoms with Crippen LogP contribution in [0, 0.1) is 0 Å². The molecule has 5 heteroatoms. The molecule has 0 aliphatic carbocycles. The molecular formula is C9H13FN4. The zero-order valence-electron chi connectivity index (χ0n) is 8.18. The maximum Gasteiger partial charge on any atom is 0.283 e. The minimum atomic E-state index is -0.467. The van der Waals surface area contributed by atoms with Crippen LogP contribution in [0.15, 0.2) is 21.8 Å². The summed E-state index contributed by atoms with van der Waals surface area (Å²) < 4.78 is 13.4. The minimum Gasteiger partial charge on any atom is -0.400 e. The minimum absolute atomic E-state index is 0.0387. The zero-order chi connectivity index (χ0) is 10.3. The fourth-order valence-electron chi connectivity index (χ4n) is 1.74. The molecule has 0 amide bonds. The molecule has 0 saturated carbocycles. The van der Waals surface area contributed by atoms with Crippen molar-refractivity contribution >= 4 is 12.3 Å². The molecule has 2 unspecified atom stereocenters. The number of fused-ring (bicyclic) bond motifs is 1. The van der Waals surface area contributed by atoms with Gasteiger partial charge in [0.05, 0.1) is 0 Å². The Kier molecular flexibility index (Phi) is 2.02. The molecular weight excluding hydrogens is 183 g/mol. The van der Waals surface area contributed by atoms with Crippen molar-refractivity contribution in [3.05, 3.63) is 11.8 Å². The molecule has 0 radical (unpaired) electrons. The van der Waals surface area contributed by atoms with E-state index in [4.69, 9.17) is 5.73 Å². The summed E-state index contributed by atoms with van der Waals surface area (Å²) in [7, 11) is 0. The Bertz CT molecular complexity index is 332. The quantitative estimate of drug-likeness (QED) is 0.626. The van der Waals surface area contributed by atoms with Crippen LogP contribution in [-0.2, 0) is 0 Å². The molecule has 0 fully saturated rings. The van der Waals surface area contributed by atoms with E-state index in [0.29, 0.717) is 5.70 Å². The van der Waals surface area contributed by atoms with Crippen molar-refractivity contribution in [2.24, 2.45) is 15.7 Å². The van der Waals surface area contributed by atoms with Crippen LogP contribution in [0.2, 0.25) is 0 Å². The summed E-state index contributed by atoms with van der Waals surface area (Å²) in [6.45, 7) is 3.81. The first-order chi connectivity index (χ1) is 6.61. The SMILES string of the molecule is CC(C)N1C(F)=NC2C(N)=CC=NC21. The van der Waals surface area contributed by atoms with E-state index in [9.17, 15) is 4.39 Å². The monoisotopic (exact) mass is 196 g/mol. The summed E-state index contributed by atoms with van der Waals surface area (Å²) in [4.78, 5) is 9.59. The summed E-state index contributed by atoms with van der Waals surface area (Å²) in [5, 5.41) is 0. The van der Waals surface area contributed by atoms with Crippen LogP contribution in [0.3, 0.4) is 0 Å². The molecule has 76 valence electrons. The fourth-order valence-corrected chi connectivity index (χ4v) is 1.74. The van der Waals surface area contributed by atoms with E-state index in [-0.39, 0.29) is 18.2 Å². The molecule has 0 aromatic carbocycles. The second-order valence-electron chi connectivity index (χ2n) is 3.72. The summed E-state index contributed by atoms with van der Waals surface area (Å²) >= 11 is 0. The van der Waals surface area contributed by atoms with Crippen LogP contribution in [0.5, 0.6) is 0 Å². The summed E-state index contributed by atoms with van der Waals surface area (Å²) in [5.74, 6) is 0. The first kappa shape index (κ1) is 9.18. The summed E-state index contributed by atoms with van der Waals surface area (Å²) in [6.07, 6.45) is 2.52. The smallest absolute Gasteiger partial charge is 0.283 e. The molecule has 2 rings (SSSR count). The maximum absolute atomic E-state index is 13.4. The number of nitrogens with two attached hydrogens (primary N) is 1. The molecule has 4 nitrogen and oxygen atoms in total. The largest absolute Gasteiger partial charge is 0.400 e. The number of amidine groups is 1. The van der Waals surface area contributed by atoms with Crippen molar-refractivity contribution in [3.63, 3.8) is 0 Å². The zero-order valence-corrected chi connectivity index (χ0v) is 8.18. The van der Waals surface area contributed by atoms with E-state index >= 15 is 0 Å². The van der Waals surface area contributed by atoms with Gasteiger partial charge in [0.25, 0.3) is 6.09 Å². The van der Waals surface area contributed by atoms with Gasteiger partial charge in [-0.25, -0.2) is 4.99 Å². The third kappa shape index (κ3) is 1.20. The molecule has 0 bridgehead atoms. The van der Waals surface area contributed by atoms with Crippen LogP contribution >= 0.6 is 0 Å². The normalized spacial score (nSPS) is 30.4. The number of halogens is 1. The van der Waals surface area contributed by atoms with Gasteiger partial charge in [0, 0.05) is 18.0 Å². The Hall–Kier alpha value is -1.39. The Labute approximate surface area is 82.0 Å². The van der Waals surface area contributed by atoms with Gasteiger partial charge in [-0.2, -0.15) is 4.39 Å². The molecule has 2 aliphatic rings. The number of aliphatic imine (C=N–C) groups is 2. The molecule has 0 saturated heterocycles. The van der Waals surface area contributed by atoms with E-state index in [0.717, 1.165) is 0 Å². The standard InChI is InChI=1S/C9H13FN4/c1-5(2)14-8-7(13-9(14)10)6(11)3-4-12-8/h3-5,7-8H,11H2,1-2H3. The van der Waals surface area contributed by atoms with Gasteiger partial charge >= 0.3 is 0 Å². The van der Waals surface area contributed by atoms with Crippen molar-refractivity contribution in [3.8, 4) is 0 Å². The highest BCUT2D eigenvalue weighted by Crippen LogP contribution is 2.26. The molecule has 2 aliphatic heterocycles. The third-order valence-corrected chi connectivity index (χ3v) is 2.43. The van der Waals surface area contributed by atoms with E-state index in [1.54, 1.807) is 17.2 Å². The summed E-state index contributed by atoms with van der Waals surface area (Å²) in [5.41, 5.74) is 6.29. The van der Waals surface area contributed by atoms with Crippen molar-refractivity contribution in [1.29, 1.82) is 0 Å². The number of hydrogen-bond acceptors (Lipinski definition) is 4. The van der Waals surface area contributed by atoms with Gasteiger partial charge in [-0.15, -0.1) is 0 Å². The highest BCUT2D eigenvalue weighted by molar-refractivity contribution is 5.80. The van der Waals surface area contributed by atoms with Gasteiger partial charge in [0.1, 0.15) is 6.04 Å². The lowest BCUT2D eigenvalue weighted by Crippen LogP contribution is -2.44. The average Bonchev–Trinajstić information content (AvgIpc) is 2.42. The van der Waals surface area contributed by atoms with Gasteiger partial charge in [0.2, 0.25) is 0 Å². The van der Waals surface area contributed by atoms with Crippen molar-refractivity contribution in [2.75, 3.05) is 0 Å². The molecule has 14 heavy (non-hydrogen) atoms. The van der Waals surface area contributed by atoms with Gasteiger partial charge in [-0.05, 0) is 19.9 Å². The lowest BCUT2D eigenvalue weighted by atomic mass is 10.1. The van der Waals surface area contributed by atoms with E-state index in [1.165, 1.54) is 0 Å². The van der Waals surface area contributed by atoms with Crippen LogP contribution in [0.25, 0.3) is 0 Å². The Balaban J connectivity index is 2.31. The molecule has 2 atom stereocenters. The summed E-state index contributed by atoms with van der Waals surface area (Å²) in [6, 6.07) is -0.306. The van der Waals surface area contributed by atoms with Crippen LogP contribution in [-0.4, -0.2) is 35.5 Å². The molecule has 0 aromatic rings. The lowest BCUT2D eigenvalue weighted by Gasteiger charge is -2.29. The van der Waals surface area contributed by atoms with Crippen LogP contribution in [0.4, 0.5) is 4.39 Å². The molecule has 2 heterocycles. The van der Waals surface area contributed by atoms with Crippen molar-refractivity contribution in [2.45, 2.75) is 32.1 Å². The predicted molar refractivity (Wildman–Crippen MR) is 53.9 cm³/mol. The van der Waals surface area contributed by atoms with E-state index < -0.39 is 6.09 Å². The molecule has 2 N–H and O–H groups in total. The Morgan fingerprint density at radius 1 is 1.57 bits per heavy atom. The number of hydrogen-bond donors (Lipinski definition) is 1. The second-order valence-corrected chi connectivity index (χ2v) is 3.72. The molecule has 0 spiro atoms. The van der Waals surface area contributed by atoms with Gasteiger partial charge < -0.3 is 10.6 Å². The van der Waals surface area contributed by atoms with Gasteiger partial charge in [-0.1, -0.05) is 0 Å². The average molecular weight is 196 g/mol. The first-order valence-electron chi connectivity index (χ1n) is 4.61. The predicted octanol–water partition coefficient (Wildman–Crippen LogP) is 0.658. The highest BCUT2D eigenvalue weighted by atomic mass is 19.1.